The first kappa shape index (κ1) is 27.2. The van der Waals surface area contributed by atoms with Gasteiger partial charge >= 0.3 is 6.18 Å². The lowest BCUT2D eigenvalue weighted by Gasteiger charge is -2.46. The van der Waals surface area contributed by atoms with Gasteiger partial charge in [0, 0.05) is 17.5 Å². The average Bonchev–Trinajstić information content (AvgIpc) is 2.80. The molecule has 2 atom stereocenters. The highest BCUT2D eigenvalue weighted by molar-refractivity contribution is 8.04. The molecule has 1 aromatic heterocycles. The van der Waals surface area contributed by atoms with Crippen LogP contribution in [0.4, 0.5) is 34.8 Å². The van der Waals surface area contributed by atoms with E-state index >= 15 is 0 Å². The Labute approximate surface area is 225 Å². The molecule has 1 saturated heterocycles. The number of fused-ring (bicyclic) bond motifs is 1. The topological polar surface area (TPSA) is 114 Å². The van der Waals surface area contributed by atoms with Crippen molar-refractivity contribution >= 4 is 60.7 Å². The molecule has 15 heteroatoms. The van der Waals surface area contributed by atoms with E-state index < -0.39 is 40.3 Å². The van der Waals surface area contributed by atoms with Crippen LogP contribution in [0.15, 0.2) is 36.7 Å². The summed E-state index contributed by atoms with van der Waals surface area (Å²) >= 11 is 6.56. The van der Waals surface area contributed by atoms with E-state index in [1.54, 1.807) is 22.8 Å². The van der Waals surface area contributed by atoms with Crippen molar-refractivity contribution in [2.24, 2.45) is 5.41 Å². The van der Waals surface area contributed by atoms with E-state index in [1.807, 2.05) is 0 Å². The number of hydrogen-bond acceptors (Lipinski definition) is 7. The maximum atomic E-state index is 14.0. The van der Waals surface area contributed by atoms with Crippen LogP contribution in [0.3, 0.4) is 0 Å². The van der Waals surface area contributed by atoms with E-state index in [9.17, 15) is 26.6 Å². The second kappa shape index (κ2) is 9.99. The number of ether oxygens (including phenoxy) is 2. The van der Waals surface area contributed by atoms with E-state index in [4.69, 9.17) is 21.1 Å². The molecule has 0 saturated carbocycles. The van der Waals surface area contributed by atoms with E-state index in [2.05, 4.69) is 20.0 Å². The number of aromatic nitrogens is 2. The molecule has 2 aliphatic rings. The third-order valence-electron chi connectivity index (χ3n) is 6.03. The molecule has 2 aliphatic heterocycles. The minimum Gasteiger partial charge on any atom is -0.479 e. The van der Waals surface area contributed by atoms with Crippen molar-refractivity contribution in [1.82, 2.24) is 15.3 Å². The number of rotatable bonds is 8. The molecule has 39 heavy (non-hydrogen) atoms. The number of halogens is 5. The normalized spacial score (nSPS) is 20.4. The molecule has 1 fully saturated rings. The van der Waals surface area contributed by atoms with Crippen LogP contribution in [-0.4, -0.2) is 63.2 Å². The van der Waals surface area contributed by atoms with Crippen molar-refractivity contribution in [3.05, 3.63) is 47.5 Å². The highest BCUT2D eigenvalue weighted by Gasteiger charge is 2.47. The van der Waals surface area contributed by atoms with Crippen LogP contribution in [0.5, 0.6) is 5.75 Å². The lowest BCUT2D eigenvalue weighted by Crippen LogP contribution is -2.58. The molecule has 9 nitrogen and oxygen atoms in total. The van der Waals surface area contributed by atoms with Crippen LogP contribution < -0.4 is 20.1 Å². The van der Waals surface area contributed by atoms with Gasteiger partial charge in [0.25, 0.3) is 5.91 Å². The van der Waals surface area contributed by atoms with Crippen molar-refractivity contribution in [2.45, 2.75) is 19.2 Å². The van der Waals surface area contributed by atoms with Gasteiger partial charge in [-0.25, -0.2) is 18.6 Å². The van der Waals surface area contributed by atoms with Gasteiger partial charge in [-0.2, -0.15) is 13.2 Å². The monoisotopic (exact) mass is 587 g/mol. The molecule has 2 aromatic carbocycles. The van der Waals surface area contributed by atoms with Gasteiger partial charge in [0.2, 0.25) is 0 Å². The molecule has 1 spiro atoms. The van der Waals surface area contributed by atoms with E-state index in [0.717, 1.165) is 12.1 Å². The number of benzene rings is 2. The summed E-state index contributed by atoms with van der Waals surface area (Å²) < 4.78 is 78.1. The van der Waals surface area contributed by atoms with Crippen LogP contribution in [0.2, 0.25) is 5.02 Å². The minimum absolute atomic E-state index is 0.130. The molecular weight excluding hydrogens is 566 g/mol. The number of nitrogens with one attached hydrogen (secondary N) is 3. The molecule has 3 heterocycles. The maximum absolute atomic E-state index is 14.0. The Kier molecular flexibility index (Phi) is 6.97. The molecular formula is C24H22ClF4N5O4S. The van der Waals surface area contributed by atoms with Crippen LogP contribution >= 0.6 is 11.6 Å². The van der Waals surface area contributed by atoms with Crippen molar-refractivity contribution in [3.8, 4) is 5.75 Å². The number of anilines is 3. The van der Waals surface area contributed by atoms with Crippen molar-refractivity contribution < 1.29 is 36.0 Å². The van der Waals surface area contributed by atoms with E-state index in [0.29, 0.717) is 35.6 Å². The summed E-state index contributed by atoms with van der Waals surface area (Å²) in [7, 11) is -2.42. The van der Waals surface area contributed by atoms with Crippen LogP contribution in [0.25, 0.3) is 10.9 Å². The van der Waals surface area contributed by atoms with Gasteiger partial charge in [-0.3, -0.25) is 4.79 Å². The quantitative estimate of drug-likeness (QED) is 0.269. The van der Waals surface area contributed by atoms with Gasteiger partial charge in [0.05, 0.1) is 49.9 Å². The first-order valence-electron chi connectivity index (χ1n) is 11.6. The summed E-state index contributed by atoms with van der Waals surface area (Å²) in [6.45, 7) is 0.811. The van der Waals surface area contributed by atoms with Crippen molar-refractivity contribution in [1.29, 1.82) is 0 Å². The van der Waals surface area contributed by atoms with Crippen molar-refractivity contribution in [3.63, 3.8) is 0 Å². The first-order chi connectivity index (χ1) is 18.3. The Morgan fingerprint density at radius 1 is 1.26 bits per heavy atom. The highest BCUT2D eigenvalue weighted by atomic mass is 35.5. The molecule has 5 rings (SSSR count). The Morgan fingerprint density at radius 2 is 2.00 bits per heavy atom. The summed E-state index contributed by atoms with van der Waals surface area (Å²) in [6.07, 6.45) is -4.70. The fourth-order valence-corrected chi connectivity index (χ4v) is 7.15. The van der Waals surface area contributed by atoms with Crippen LogP contribution in [-0.2, 0) is 19.2 Å². The minimum atomic E-state index is -4.59. The molecule has 1 unspecified atom stereocenters. The lowest BCUT2D eigenvalue weighted by atomic mass is 9.91. The molecule has 1 amide bonds. The number of carbonyl (C=O) groups excluding carboxylic acids is 1. The van der Waals surface area contributed by atoms with Gasteiger partial charge in [0.15, 0.2) is 6.10 Å². The predicted molar refractivity (Wildman–Crippen MR) is 139 cm³/mol. The molecule has 3 aromatic rings. The summed E-state index contributed by atoms with van der Waals surface area (Å²) in [5.41, 5.74) is 0.953. The molecule has 208 valence electrons. The van der Waals surface area contributed by atoms with Gasteiger partial charge in [-0.1, -0.05) is 11.6 Å². The molecule has 0 aliphatic carbocycles. The fraction of sp³-hybridized carbons (Fsp3) is 0.333. The zero-order chi connectivity index (χ0) is 28.0. The smallest absolute Gasteiger partial charge is 0.405 e. The first-order valence-corrected chi connectivity index (χ1v) is 13.8. The SMILES string of the molecule is C[C@@H](Oc1cc(F)ccc1Nc1ncnc2cc(NS3(=O)=CC4(COC4)C3)cc(Cl)c12)C(=O)NCC(F)(F)F. The molecule has 3 N–H and O–H groups in total. The number of nitrogens with zero attached hydrogens (tertiary/aromatic N) is 2. The average molecular weight is 588 g/mol. The summed E-state index contributed by atoms with van der Waals surface area (Å²) in [5, 5.41) is 7.10. The third kappa shape index (κ3) is 5.97. The van der Waals surface area contributed by atoms with Crippen LogP contribution in [0, 0.1) is 11.2 Å². The number of carbonyl (C=O) groups is 1. The zero-order valence-corrected chi connectivity index (χ0v) is 21.8. The van der Waals surface area contributed by atoms with E-state index in [1.165, 1.54) is 19.3 Å². The Morgan fingerprint density at radius 3 is 2.67 bits per heavy atom. The second-order valence-electron chi connectivity index (χ2n) is 9.38. The van der Waals surface area contributed by atoms with Gasteiger partial charge in [-0.15, -0.1) is 0 Å². The number of alkyl halides is 3. The molecule has 0 bridgehead atoms. The largest absolute Gasteiger partial charge is 0.479 e. The number of hydrogen-bond donors (Lipinski definition) is 3. The number of amides is 1. The molecule has 0 radical (unpaired) electrons. The third-order valence-corrected chi connectivity index (χ3v) is 8.80. The van der Waals surface area contributed by atoms with E-state index in [-0.39, 0.29) is 27.7 Å². The van der Waals surface area contributed by atoms with Gasteiger partial charge in [0.1, 0.15) is 30.3 Å². The maximum Gasteiger partial charge on any atom is 0.405 e. The summed E-state index contributed by atoms with van der Waals surface area (Å²) in [4.78, 5) is 20.5. The predicted octanol–water partition coefficient (Wildman–Crippen LogP) is 4.06. The Bertz CT molecular complexity index is 1570. The van der Waals surface area contributed by atoms with Crippen LogP contribution in [0.1, 0.15) is 6.92 Å². The Balaban J connectivity index is 1.38. The zero-order valence-electron chi connectivity index (χ0n) is 20.3. The summed E-state index contributed by atoms with van der Waals surface area (Å²) in [6, 6.07) is 6.67. The fourth-order valence-electron chi connectivity index (χ4n) is 4.28. The standard InChI is InChI=1S/C24H22ClF4N5O4S/c1-13(22(35)30-7-24(27,28)29)38-19-4-14(26)2-3-17(19)33-21-20-16(25)5-15(6-18(20)31-12-32-21)34-39(36)10-23(11-39)8-37-9-23/h2-6,10,12-13H,7-9,11H2,1H3,(H,30,35)(H,34,36)(H,31,32,33)/t13-,39?/m1/s1. The second-order valence-corrected chi connectivity index (χ2v) is 12.0. The Hall–Kier alpha value is -3.36. The highest BCUT2D eigenvalue weighted by Crippen LogP contribution is 2.38. The van der Waals surface area contributed by atoms with Gasteiger partial charge < -0.3 is 24.8 Å². The lowest BCUT2D eigenvalue weighted by molar-refractivity contribution is -0.142. The summed E-state index contributed by atoms with van der Waals surface area (Å²) in [5.74, 6) is -1.19. The van der Waals surface area contributed by atoms with Crippen molar-refractivity contribution in [2.75, 3.05) is 35.6 Å². The van der Waals surface area contributed by atoms with Gasteiger partial charge in [-0.05, 0) is 36.6 Å².